The third kappa shape index (κ3) is 4.30. The molecule has 5 nitrogen and oxygen atoms in total. The van der Waals surface area contributed by atoms with Gasteiger partial charge in [-0.3, -0.25) is 0 Å². The van der Waals surface area contributed by atoms with Gasteiger partial charge >= 0.3 is 5.97 Å². The summed E-state index contributed by atoms with van der Waals surface area (Å²) in [4.78, 5) is 10.8. The largest absolute Gasteiger partial charge is 0.478 e. The fourth-order valence-electron chi connectivity index (χ4n) is 1.85. The van der Waals surface area contributed by atoms with E-state index in [2.05, 4.69) is 15.5 Å². The Morgan fingerprint density at radius 1 is 1.09 bits per heavy atom. The number of carboxylic acids is 1. The molecule has 0 aliphatic heterocycles. The van der Waals surface area contributed by atoms with Crippen LogP contribution in [-0.2, 0) is 5.75 Å². The monoisotopic (exact) mass is 343 g/mol. The Bertz CT molecular complexity index is 789. The number of rotatable bonds is 6. The summed E-state index contributed by atoms with van der Waals surface area (Å²) in [5.74, 6) is -0.190. The number of benzene rings is 2. The Morgan fingerprint density at radius 3 is 2.52 bits per heavy atom. The van der Waals surface area contributed by atoms with Crippen LogP contribution in [0.1, 0.15) is 15.9 Å². The van der Waals surface area contributed by atoms with Crippen molar-refractivity contribution in [2.24, 2.45) is 0 Å². The van der Waals surface area contributed by atoms with E-state index in [1.807, 2.05) is 42.5 Å². The molecule has 0 radical (unpaired) electrons. The minimum atomic E-state index is -0.912. The first-order valence-electron chi connectivity index (χ1n) is 6.81. The van der Waals surface area contributed by atoms with E-state index in [0.29, 0.717) is 5.56 Å². The highest BCUT2D eigenvalue weighted by molar-refractivity contribution is 8.00. The van der Waals surface area contributed by atoms with Gasteiger partial charge in [0.25, 0.3) is 0 Å². The molecule has 0 atom stereocenters. The zero-order valence-electron chi connectivity index (χ0n) is 12.0. The van der Waals surface area contributed by atoms with Crippen molar-refractivity contribution in [3.05, 3.63) is 65.7 Å². The van der Waals surface area contributed by atoms with Crippen molar-refractivity contribution in [1.82, 2.24) is 10.2 Å². The normalized spacial score (nSPS) is 10.4. The molecule has 116 valence electrons. The molecule has 2 aromatic carbocycles. The SMILES string of the molecule is O=C(O)c1ccc(CSc2nnc(Nc3ccccc3)s2)cc1. The van der Waals surface area contributed by atoms with Crippen molar-refractivity contribution in [2.45, 2.75) is 10.1 Å². The molecule has 1 heterocycles. The van der Waals surface area contributed by atoms with E-state index in [1.54, 1.807) is 23.9 Å². The Labute approximate surface area is 141 Å². The van der Waals surface area contributed by atoms with Gasteiger partial charge in [-0.05, 0) is 29.8 Å². The van der Waals surface area contributed by atoms with Gasteiger partial charge in [-0.2, -0.15) is 0 Å². The zero-order chi connectivity index (χ0) is 16.1. The van der Waals surface area contributed by atoms with Crippen molar-refractivity contribution in [3.63, 3.8) is 0 Å². The third-order valence-electron chi connectivity index (χ3n) is 2.99. The van der Waals surface area contributed by atoms with E-state index in [4.69, 9.17) is 5.11 Å². The maximum atomic E-state index is 10.8. The molecule has 7 heteroatoms. The number of carboxylic acid groups (broad SMARTS) is 1. The minimum Gasteiger partial charge on any atom is -0.478 e. The molecule has 0 saturated heterocycles. The molecule has 3 rings (SSSR count). The number of nitrogens with one attached hydrogen (secondary N) is 1. The van der Waals surface area contributed by atoms with E-state index in [1.165, 1.54) is 11.3 Å². The topological polar surface area (TPSA) is 75.1 Å². The van der Waals surface area contributed by atoms with E-state index in [0.717, 1.165) is 26.5 Å². The van der Waals surface area contributed by atoms with Gasteiger partial charge in [0, 0.05) is 11.4 Å². The summed E-state index contributed by atoms with van der Waals surface area (Å²) in [6.07, 6.45) is 0. The van der Waals surface area contributed by atoms with Gasteiger partial charge in [0.15, 0.2) is 4.34 Å². The van der Waals surface area contributed by atoms with Crippen LogP contribution in [0.2, 0.25) is 0 Å². The second kappa shape index (κ2) is 7.26. The summed E-state index contributed by atoms with van der Waals surface area (Å²) in [6.45, 7) is 0. The summed E-state index contributed by atoms with van der Waals surface area (Å²) in [7, 11) is 0. The highest BCUT2D eigenvalue weighted by Crippen LogP contribution is 2.29. The molecule has 0 amide bonds. The second-order valence-electron chi connectivity index (χ2n) is 4.65. The van der Waals surface area contributed by atoms with Crippen LogP contribution in [0.25, 0.3) is 0 Å². The Kier molecular flexibility index (Phi) is 4.89. The van der Waals surface area contributed by atoms with Crippen molar-refractivity contribution >= 4 is 39.9 Å². The van der Waals surface area contributed by atoms with Gasteiger partial charge in [-0.1, -0.05) is 53.4 Å². The Morgan fingerprint density at radius 2 is 1.83 bits per heavy atom. The third-order valence-corrected chi connectivity index (χ3v) is 5.04. The van der Waals surface area contributed by atoms with Crippen LogP contribution in [-0.4, -0.2) is 21.3 Å². The number of hydrogen-bond donors (Lipinski definition) is 2. The first-order valence-corrected chi connectivity index (χ1v) is 8.61. The number of nitrogens with zero attached hydrogens (tertiary/aromatic N) is 2. The fraction of sp³-hybridized carbons (Fsp3) is 0.0625. The number of anilines is 2. The van der Waals surface area contributed by atoms with E-state index < -0.39 is 5.97 Å². The molecular formula is C16H13N3O2S2. The highest BCUT2D eigenvalue weighted by atomic mass is 32.2. The van der Waals surface area contributed by atoms with Gasteiger partial charge in [0.1, 0.15) is 0 Å². The quantitative estimate of drug-likeness (QED) is 0.651. The van der Waals surface area contributed by atoms with Crippen LogP contribution in [0.5, 0.6) is 0 Å². The van der Waals surface area contributed by atoms with Gasteiger partial charge < -0.3 is 10.4 Å². The lowest BCUT2D eigenvalue weighted by Gasteiger charge is -2.00. The van der Waals surface area contributed by atoms with E-state index in [-0.39, 0.29) is 0 Å². The Balaban J connectivity index is 1.57. The highest BCUT2D eigenvalue weighted by Gasteiger charge is 2.06. The van der Waals surface area contributed by atoms with Crippen LogP contribution in [0.3, 0.4) is 0 Å². The van der Waals surface area contributed by atoms with Crippen LogP contribution < -0.4 is 5.32 Å². The lowest BCUT2D eigenvalue weighted by Crippen LogP contribution is -1.95. The number of thioether (sulfide) groups is 1. The summed E-state index contributed by atoms with van der Waals surface area (Å²) in [5.41, 5.74) is 2.32. The molecule has 0 unspecified atom stereocenters. The molecular weight excluding hydrogens is 330 g/mol. The lowest BCUT2D eigenvalue weighted by atomic mass is 10.1. The van der Waals surface area contributed by atoms with Crippen LogP contribution in [0, 0.1) is 0 Å². The smallest absolute Gasteiger partial charge is 0.335 e. The average molecular weight is 343 g/mol. The van der Waals surface area contributed by atoms with E-state index in [9.17, 15) is 4.79 Å². The molecule has 0 bridgehead atoms. The van der Waals surface area contributed by atoms with Gasteiger partial charge in [0.2, 0.25) is 5.13 Å². The lowest BCUT2D eigenvalue weighted by molar-refractivity contribution is 0.0697. The summed E-state index contributed by atoms with van der Waals surface area (Å²) >= 11 is 3.07. The number of carbonyl (C=O) groups is 1. The van der Waals surface area contributed by atoms with Gasteiger partial charge in [-0.15, -0.1) is 10.2 Å². The van der Waals surface area contributed by atoms with Crippen molar-refractivity contribution in [2.75, 3.05) is 5.32 Å². The molecule has 1 aromatic heterocycles. The molecule has 0 aliphatic rings. The second-order valence-corrected chi connectivity index (χ2v) is 6.85. The Hall–Kier alpha value is -2.38. The molecule has 0 aliphatic carbocycles. The van der Waals surface area contributed by atoms with Gasteiger partial charge in [0.05, 0.1) is 5.56 Å². The van der Waals surface area contributed by atoms with Gasteiger partial charge in [-0.25, -0.2) is 4.79 Å². The molecule has 3 aromatic rings. The summed E-state index contributed by atoms with van der Waals surface area (Å²) < 4.78 is 0.866. The number of aromatic carboxylic acids is 1. The molecule has 2 N–H and O–H groups in total. The first kappa shape index (κ1) is 15.5. The number of para-hydroxylation sites is 1. The fourth-order valence-corrected chi connectivity index (χ4v) is 3.58. The number of aromatic nitrogens is 2. The zero-order valence-corrected chi connectivity index (χ0v) is 13.6. The van der Waals surface area contributed by atoms with Crippen molar-refractivity contribution in [1.29, 1.82) is 0 Å². The molecule has 0 spiro atoms. The standard InChI is InChI=1S/C16H13N3O2S2/c20-14(21)12-8-6-11(7-9-12)10-22-16-19-18-15(23-16)17-13-4-2-1-3-5-13/h1-9H,10H2,(H,17,18)(H,20,21). The average Bonchev–Trinajstić information content (AvgIpc) is 3.02. The van der Waals surface area contributed by atoms with Crippen molar-refractivity contribution < 1.29 is 9.90 Å². The molecule has 0 saturated carbocycles. The van der Waals surface area contributed by atoms with E-state index >= 15 is 0 Å². The number of hydrogen-bond acceptors (Lipinski definition) is 6. The predicted octanol–water partition coefficient (Wildman–Crippen LogP) is 4.27. The van der Waals surface area contributed by atoms with Crippen LogP contribution in [0.15, 0.2) is 58.9 Å². The predicted molar refractivity (Wildman–Crippen MR) is 92.6 cm³/mol. The van der Waals surface area contributed by atoms with Crippen LogP contribution in [0.4, 0.5) is 10.8 Å². The molecule has 23 heavy (non-hydrogen) atoms. The maximum absolute atomic E-state index is 10.8. The molecule has 0 fully saturated rings. The summed E-state index contributed by atoms with van der Waals surface area (Å²) in [5, 5.41) is 21.1. The van der Waals surface area contributed by atoms with Crippen LogP contribution >= 0.6 is 23.1 Å². The van der Waals surface area contributed by atoms with Crippen molar-refractivity contribution in [3.8, 4) is 0 Å². The minimum absolute atomic E-state index is 0.295. The first-order chi connectivity index (χ1) is 11.2. The maximum Gasteiger partial charge on any atom is 0.335 e. The summed E-state index contributed by atoms with van der Waals surface area (Å²) in [6, 6.07) is 16.7.